The highest BCUT2D eigenvalue weighted by molar-refractivity contribution is 7.99. The fourth-order valence-corrected chi connectivity index (χ4v) is 2.84. The van der Waals surface area contributed by atoms with Crippen LogP contribution in [0.4, 0.5) is 5.69 Å². The van der Waals surface area contributed by atoms with Crippen LogP contribution in [0.2, 0.25) is 0 Å². The number of anilines is 1. The number of rotatable bonds is 7. The molecule has 0 spiro atoms. The Morgan fingerprint density at radius 2 is 2.05 bits per heavy atom. The monoisotopic (exact) mass is 306 g/mol. The Morgan fingerprint density at radius 3 is 2.76 bits per heavy atom. The maximum atomic E-state index is 12.1. The number of aliphatic hydroxyl groups is 1. The molecule has 1 aromatic carbocycles. The number of benzene rings is 1. The number of β-amino-alcohol motifs (C(OH)–C–C–N with tert-alkyl or cyclic N) is 1. The van der Waals surface area contributed by atoms with Gasteiger partial charge in [-0.25, -0.2) is 0 Å². The first kappa shape index (κ1) is 15.6. The van der Waals surface area contributed by atoms with Crippen molar-refractivity contribution in [2.75, 3.05) is 24.2 Å². The smallest absolute Gasteiger partial charge is 0.277 e. The summed E-state index contributed by atoms with van der Waals surface area (Å²) in [6.45, 7) is 1.89. The summed E-state index contributed by atoms with van der Waals surface area (Å²) in [6, 6.07) is 7.68. The highest BCUT2D eigenvalue weighted by atomic mass is 32.2. The second-order valence-corrected chi connectivity index (χ2v) is 5.68. The second-order valence-electron chi connectivity index (χ2n) is 4.55. The van der Waals surface area contributed by atoms with E-state index in [-0.39, 0.29) is 18.8 Å². The van der Waals surface area contributed by atoms with E-state index >= 15 is 0 Å². The van der Waals surface area contributed by atoms with Crippen molar-refractivity contribution in [3.8, 4) is 0 Å². The van der Waals surface area contributed by atoms with Crippen molar-refractivity contribution < 1.29 is 14.7 Å². The Balaban J connectivity index is 2.14. The zero-order valence-electron chi connectivity index (χ0n) is 11.8. The molecule has 1 heterocycles. The lowest BCUT2D eigenvalue weighted by Gasteiger charge is -2.14. The zero-order valence-corrected chi connectivity index (χ0v) is 12.7. The number of nitrogens with zero attached hydrogens (tertiary/aromatic N) is 1. The molecule has 0 aliphatic carbocycles. The Labute approximate surface area is 128 Å². The highest BCUT2D eigenvalue weighted by Crippen LogP contribution is 2.29. The Morgan fingerprint density at radius 1 is 1.29 bits per heavy atom. The van der Waals surface area contributed by atoms with Crippen LogP contribution >= 0.6 is 11.8 Å². The van der Waals surface area contributed by atoms with Crippen molar-refractivity contribution in [1.29, 1.82) is 0 Å². The molecule has 2 N–H and O–H groups in total. The van der Waals surface area contributed by atoms with Gasteiger partial charge in [-0.3, -0.25) is 14.5 Å². The van der Waals surface area contributed by atoms with E-state index in [2.05, 4.69) is 12.2 Å². The number of aliphatic hydroxyl groups excluding tert-OH is 1. The van der Waals surface area contributed by atoms with Gasteiger partial charge >= 0.3 is 0 Å². The number of imide groups is 1. The van der Waals surface area contributed by atoms with E-state index in [0.717, 1.165) is 27.7 Å². The average Bonchev–Trinajstić information content (AvgIpc) is 2.74. The number of amides is 2. The molecule has 1 aliphatic rings. The molecule has 1 aromatic rings. The van der Waals surface area contributed by atoms with Gasteiger partial charge in [0.05, 0.1) is 18.8 Å². The van der Waals surface area contributed by atoms with E-state index in [9.17, 15) is 9.59 Å². The summed E-state index contributed by atoms with van der Waals surface area (Å²) in [5, 5.41) is 11.9. The largest absolute Gasteiger partial charge is 0.395 e. The van der Waals surface area contributed by atoms with Crippen molar-refractivity contribution in [2.45, 2.75) is 18.2 Å². The lowest BCUT2D eigenvalue weighted by molar-refractivity contribution is -0.137. The summed E-state index contributed by atoms with van der Waals surface area (Å²) >= 11 is 1.70. The highest BCUT2D eigenvalue weighted by Gasteiger charge is 2.30. The summed E-state index contributed by atoms with van der Waals surface area (Å²) in [6.07, 6.45) is 2.34. The van der Waals surface area contributed by atoms with E-state index in [1.165, 1.54) is 6.08 Å². The van der Waals surface area contributed by atoms with E-state index in [1.807, 2.05) is 24.3 Å². The molecule has 5 nitrogen and oxygen atoms in total. The van der Waals surface area contributed by atoms with Gasteiger partial charge in [-0.05, 0) is 24.3 Å². The third kappa shape index (κ3) is 3.65. The van der Waals surface area contributed by atoms with E-state index in [0.29, 0.717) is 0 Å². The van der Waals surface area contributed by atoms with Crippen molar-refractivity contribution in [3.05, 3.63) is 36.0 Å². The van der Waals surface area contributed by atoms with Crippen molar-refractivity contribution in [1.82, 2.24) is 4.90 Å². The maximum Gasteiger partial charge on any atom is 0.277 e. The van der Waals surface area contributed by atoms with Crippen LogP contribution < -0.4 is 5.32 Å². The molecule has 0 saturated heterocycles. The first-order chi connectivity index (χ1) is 10.2. The van der Waals surface area contributed by atoms with Crippen molar-refractivity contribution in [3.63, 3.8) is 0 Å². The summed E-state index contributed by atoms with van der Waals surface area (Å²) in [7, 11) is 0. The maximum absolute atomic E-state index is 12.1. The van der Waals surface area contributed by atoms with Crippen LogP contribution in [0.15, 0.2) is 40.9 Å². The minimum Gasteiger partial charge on any atom is -0.395 e. The lowest BCUT2D eigenvalue weighted by atomic mass is 10.3. The molecule has 0 bridgehead atoms. The number of thioether (sulfide) groups is 1. The normalized spacial score (nSPS) is 14.6. The zero-order chi connectivity index (χ0) is 15.2. The number of carbonyl (C=O) groups excluding carboxylic acids is 2. The van der Waals surface area contributed by atoms with Gasteiger partial charge in [0, 0.05) is 11.0 Å². The average molecular weight is 306 g/mol. The first-order valence-electron chi connectivity index (χ1n) is 6.84. The molecule has 0 atom stereocenters. The summed E-state index contributed by atoms with van der Waals surface area (Å²) in [5.74, 6) is 0.195. The van der Waals surface area contributed by atoms with Gasteiger partial charge in [0.25, 0.3) is 11.8 Å². The van der Waals surface area contributed by atoms with Gasteiger partial charge in [0.2, 0.25) is 0 Å². The van der Waals surface area contributed by atoms with Crippen LogP contribution in [-0.4, -0.2) is 40.7 Å². The number of hydrogen-bond acceptors (Lipinski definition) is 5. The van der Waals surface area contributed by atoms with Crippen LogP contribution in [-0.2, 0) is 9.59 Å². The van der Waals surface area contributed by atoms with Crippen LogP contribution in [0, 0.1) is 0 Å². The standard InChI is InChI=1S/C15H18N2O3S/c1-2-9-21-13-6-4-3-5-11(13)16-12-10-14(19)17(7-8-18)15(12)20/h3-6,10,16,18H,2,7-9H2,1H3. The molecule has 112 valence electrons. The molecular weight excluding hydrogens is 288 g/mol. The Kier molecular flexibility index (Phi) is 5.41. The Hall–Kier alpha value is -1.79. The van der Waals surface area contributed by atoms with E-state index in [1.54, 1.807) is 11.8 Å². The summed E-state index contributed by atoms with van der Waals surface area (Å²) in [5.41, 5.74) is 1.06. The fourth-order valence-electron chi connectivity index (χ4n) is 1.96. The predicted octanol–water partition coefficient (Wildman–Crippen LogP) is 1.85. The molecule has 0 saturated carbocycles. The fraction of sp³-hybridized carbons (Fsp3) is 0.333. The van der Waals surface area contributed by atoms with E-state index in [4.69, 9.17) is 5.11 Å². The summed E-state index contributed by atoms with van der Waals surface area (Å²) in [4.78, 5) is 25.9. The van der Waals surface area contributed by atoms with Gasteiger partial charge < -0.3 is 10.4 Å². The molecule has 0 radical (unpaired) electrons. The molecule has 2 rings (SSSR count). The van der Waals surface area contributed by atoms with Gasteiger partial charge in [-0.2, -0.15) is 0 Å². The molecule has 0 unspecified atom stereocenters. The predicted molar refractivity (Wildman–Crippen MR) is 83.0 cm³/mol. The molecule has 0 fully saturated rings. The van der Waals surface area contributed by atoms with Gasteiger partial charge in [0.1, 0.15) is 5.70 Å². The molecule has 2 amide bonds. The molecule has 21 heavy (non-hydrogen) atoms. The molecule has 6 heteroatoms. The lowest BCUT2D eigenvalue weighted by Crippen LogP contribution is -2.34. The van der Waals surface area contributed by atoms with Crippen LogP contribution in [0.5, 0.6) is 0 Å². The van der Waals surface area contributed by atoms with Crippen LogP contribution in [0.3, 0.4) is 0 Å². The summed E-state index contributed by atoms with van der Waals surface area (Å²) < 4.78 is 0. The first-order valence-corrected chi connectivity index (χ1v) is 7.83. The van der Waals surface area contributed by atoms with Crippen molar-refractivity contribution >= 4 is 29.3 Å². The number of nitrogens with one attached hydrogen (secondary N) is 1. The van der Waals surface area contributed by atoms with Crippen LogP contribution in [0.1, 0.15) is 13.3 Å². The minimum absolute atomic E-state index is 0.0194. The third-order valence-corrected chi connectivity index (χ3v) is 4.23. The molecule has 1 aliphatic heterocycles. The molecular formula is C15H18N2O3S. The number of carbonyl (C=O) groups is 2. The van der Waals surface area contributed by atoms with E-state index < -0.39 is 11.8 Å². The van der Waals surface area contributed by atoms with Gasteiger partial charge in [0.15, 0.2) is 0 Å². The van der Waals surface area contributed by atoms with Crippen LogP contribution in [0.25, 0.3) is 0 Å². The quantitative estimate of drug-likeness (QED) is 0.594. The number of hydrogen-bond donors (Lipinski definition) is 2. The molecule has 0 aromatic heterocycles. The second kappa shape index (κ2) is 7.28. The number of para-hydroxylation sites is 1. The van der Waals surface area contributed by atoms with Crippen molar-refractivity contribution in [2.24, 2.45) is 0 Å². The van der Waals surface area contributed by atoms with Gasteiger partial charge in [-0.1, -0.05) is 19.1 Å². The third-order valence-electron chi connectivity index (χ3n) is 2.95. The minimum atomic E-state index is -0.399. The SMILES string of the molecule is CCCSc1ccccc1NC1=CC(=O)N(CCO)C1=O. The Bertz CT molecular complexity index is 572. The topological polar surface area (TPSA) is 69.6 Å². The van der Waals surface area contributed by atoms with Gasteiger partial charge in [-0.15, -0.1) is 11.8 Å².